The van der Waals surface area contributed by atoms with Gasteiger partial charge in [0.2, 0.25) is 5.91 Å². The molecule has 0 fully saturated rings. The molecule has 2 aromatic heterocycles. The summed E-state index contributed by atoms with van der Waals surface area (Å²) in [6, 6.07) is 6.29. The third kappa shape index (κ3) is 9.18. The van der Waals surface area contributed by atoms with Gasteiger partial charge in [-0.05, 0) is 49.2 Å². The van der Waals surface area contributed by atoms with Crippen LogP contribution in [0.1, 0.15) is 51.9 Å². The maximum absolute atomic E-state index is 14.5. The fraction of sp³-hybridized carbons (Fsp3) is 0.618. The number of carbonyl (C=O) groups is 2. The Morgan fingerprint density at radius 3 is 2.15 bits per heavy atom. The van der Waals surface area contributed by atoms with Crippen molar-refractivity contribution < 1.29 is 36.7 Å². The fourth-order valence-electron chi connectivity index (χ4n) is 5.18. The average molecular weight is 712 g/mol. The number of para-hydroxylation sites is 1. The Morgan fingerprint density at radius 1 is 0.979 bits per heavy atom. The largest absolute Gasteiger partial charge is 0.462 e. The van der Waals surface area contributed by atoms with Crippen LogP contribution in [-0.4, -0.2) is 68.9 Å². The fourth-order valence-corrected chi connectivity index (χ4v) is 7.21. The Balaban J connectivity index is 2.06. The highest BCUT2D eigenvalue weighted by Gasteiger charge is 2.52. The van der Waals surface area contributed by atoms with Gasteiger partial charge >= 0.3 is 12.1 Å². The lowest BCUT2D eigenvalue weighted by atomic mass is 9.98. The first-order chi connectivity index (χ1) is 22.0. The molecule has 9 nitrogen and oxygen atoms in total. The molecule has 0 aliphatic heterocycles. The van der Waals surface area contributed by atoms with Crippen molar-refractivity contribution in [3.63, 3.8) is 0 Å². The predicted octanol–water partition coefficient (Wildman–Crippen LogP) is 7.54. The first-order valence-corrected chi connectivity index (χ1v) is 23.0. The number of hydrogen-bond acceptors (Lipinski definition) is 6. The van der Waals surface area contributed by atoms with Gasteiger partial charge in [0.25, 0.3) is 5.56 Å². The summed E-state index contributed by atoms with van der Waals surface area (Å²) >= 11 is 0. The van der Waals surface area contributed by atoms with Crippen molar-refractivity contribution in [3.05, 3.63) is 46.4 Å². The first-order valence-electron chi connectivity index (χ1n) is 16.4. The molecule has 268 valence electrons. The molecular formula is C34H52F3N3O6Si2. The van der Waals surface area contributed by atoms with Crippen LogP contribution in [0.2, 0.25) is 43.8 Å². The van der Waals surface area contributed by atoms with Gasteiger partial charge in [0.1, 0.15) is 18.8 Å². The minimum atomic E-state index is -4.74. The molecule has 14 heteroatoms. The van der Waals surface area contributed by atoms with Crippen LogP contribution in [0.3, 0.4) is 0 Å². The molecule has 0 aliphatic carbocycles. The summed E-state index contributed by atoms with van der Waals surface area (Å²) in [4.78, 5) is 40.5. The normalized spacial score (nSPS) is 14.5. The summed E-state index contributed by atoms with van der Waals surface area (Å²) in [6.45, 7) is 20.7. The lowest BCUT2D eigenvalue weighted by molar-refractivity contribution is -0.210. The lowest BCUT2D eigenvalue weighted by Gasteiger charge is -2.42. The van der Waals surface area contributed by atoms with Crippen molar-refractivity contribution in [2.45, 2.75) is 117 Å². The monoisotopic (exact) mass is 711 g/mol. The minimum absolute atomic E-state index is 0.0280. The molecule has 2 unspecified atom stereocenters. The van der Waals surface area contributed by atoms with E-state index in [1.807, 2.05) is 20.8 Å². The summed E-state index contributed by atoms with van der Waals surface area (Å²) in [5, 5.41) is 3.24. The molecular weight excluding hydrogens is 660 g/mol. The maximum atomic E-state index is 14.5. The van der Waals surface area contributed by atoms with E-state index < -0.39 is 69.7 Å². The SMILES string of the molecule is CCOC(=O)c1cccc2c3ccn(CC(=O)NC(C(C)C)C(O[Si](C)(C)C(C)(C)C)C(F)(F)F)c(=O)c3n(COCC[Si](C)(C)C)c12. The minimum Gasteiger partial charge on any atom is -0.462 e. The highest BCUT2D eigenvalue weighted by molar-refractivity contribution is 6.76. The van der Waals surface area contributed by atoms with Crippen molar-refractivity contribution in [1.82, 2.24) is 14.5 Å². The standard InChI is InChI=1S/C34H52F3N3O6Si2/c1-12-45-32(43)25-15-13-14-23-24-16-17-39(31(42)29(24)40(28(23)25)21-44-18-19-47(7,8)9)20-26(41)38-27(22(2)3)30(34(35,36)37)46-48(10,11)33(4,5)6/h13-17,22,27,30H,12,18-21H2,1-11H3,(H,38,41). The highest BCUT2D eigenvalue weighted by Crippen LogP contribution is 2.41. The van der Waals surface area contributed by atoms with Gasteiger partial charge in [0.05, 0.1) is 23.7 Å². The van der Waals surface area contributed by atoms with Crippen LogP contribution in [0.25, 0.3) is 21.8 Å². The van der Waals surface area contributed by atoms with E-state index >= 15 is 0 Å². The Bertz CT molecular complexity index is 1670. The lowest BCUT2D eigenvalue weighted by Crippen LogP contribution is -2.59. The molecule has 1 N–H and O–H groups in total. The number of nitrogens with one attached hydrogen (secondary N) is 1. The Morgan fingerprint density at radius 2 is 1.60 bits per heavy atom. The second-order valence-electron chi connectivity index (χ2n) is 15.4. The number of halogens is 3. The summed E-state index contributed by atoms with van der Waals surface area (Å²) in [6.07, 6.45) is -5.52. The van der Waals surface area contributed by atoms with E-state index in [0.29, 0.717) is 22.9 Å². The Kier molecular flexibility index (Phi) is 12.3. The van der Waals surface area contributed by atoms with Crippen LogP contribution in [0, 0.1) is 5.92 Å². The number of carbonyl (C=O) groups excluding carboxylic acids is 2. The molecule has 0 aliphatic rings. The molecule has 0 bridgehead atoms. The summed E-state index contributed by atoms with van der Waals surface area (Å²) in [5.74, 6) is -1.93. The van der Waals surface area contributed by atoms with E-state index in [1.165, 1.54) is 6.20 Å². The van der Waals surface area contributed by atoms with Crippen LogP contribution in [0.15, 0.2) is 35.3 Å². The number of esters is 1. The van der Waals surface area contributed by atoms with E-state index in [0.717, 1.165) is 10.6 Å². The van der Waals surface area contributed by atoms with E-state index in [2.05, 4.69) is 25.0 Å². The van der Waals surface area contributed by atoms with E-state index in [-0.39, 0.29) is 24.4 Å². The summed E-state index contributed by atoms with van der Waals surface area (Å²) in [7, 11) is -4.31. The third-order valence-corrected chi connectivity index (χ3v) is 15.1. The summed E-state index contributed by atoms with van der Waals surface area (Å²) in [5.41, 5.74) is 0.394. The number of ether oxygens (including phenoxy) is 2. The average Bonchev–Trinajstić information content (AvgIpc) is 3.27. The van der Waals surface area contributed by atoms with Crippen LogP contribution < -0.4 is 10.9 Å². The molecule has 2 heterocycles. The van der Waals surface area contributed by atoms with Gasteiger partial charge in [-0.15, -0.1) is 0 Å². The molecule has 1 aromatic carbocycles. The van der Waals surface area contributed by atoms with Crippen LogP contribution in [0.4, 0.5) is 13.2 Å². The predicted molar refractivity (Wildman–Crippen MR) is 189 cm³/mol. The molecule has 3 aromatic rings. The Labute approximate surface area is 283 Å². The maximum Gasteiger partial charge on any atom is 0.415 e. The molecule has 1 amide bonds. The zero-order valence-electron chi connectivity index (χ0n) is 30.1. The smallest absolute Gasteiger partial charge is 0.415 e. The second-order valence-corrected chi connectivity index (χ2v) is 25.8. The number of fused-ring (bicyclic) bond motifs is 3. The van der Waals surface area contributed by atoms with Gasteiger partial charge in [-0.25, -0.2) is 4.79 Å². The number of alkyl halides is 3. The number of pyridine rings is 1. The van der Waals surface area contributed by atoms with E-state index in [1.54, 1.807) is 62.7 Å². The quantitative estimate of drug-likeness (QED) is 0.105. The molecule has 0 saturated carbocycles. The van der Waals surface area contributed by atoms with Gasteiger partial charge < -0.3 is 28.4 Å². The van der Waals surface area contributed by atoms with E-state index in [4.69, 9.17) is 13.9 Å². The zero-order valence-corrected chi connectivity index (χ0v) is 32.1. The van der Waals surface area contributed by atoms with Crippen molar-refractivity contribution in [2.24, 2.45) is 5.92 Å². The van der Waals surface area contributed by atoms with Gasteiger partial charge in [0, 0.05) is 31.7 Å². The topological polar surface area (TPSA) is 101 Å². The van der Waals surface area contributed by atoms with Crippen LogP contribution in [-0.2, 0) is 32.0 Å². The zero-order chi connectivity index (χ0) is 36.4. The number of rotatable bonds is 14. The third-order valence-electron chi connectivity index (χ3n) is 8.95. The van der Waals surface area contributed by atoms with Gasteiger partial charge in [0.15, 0.2) is 14.4 Å². The second kappa shape index (κ2) is 14.9. The number of benzene rings is 1. The van der Waals surface area contributed by atoms with Gasteiger partial charge in [-0.3, -0.25) is 9.59 Å². The Hall–Kier alpha value is -2.95. The molecule has 3 rings (SSSR count). The van der Waals surface area contributed by atoms with Crippen molar-refractivity contribution in [3.8, 4) is 0 Å². The van der Waals surface area contributed by atoms with Gasteiger partial charge in [-0.2, -0.15) is 13.2 Å². The van der Waals surface area contributed by atoms with Crippen LogP contribution >= 0.6 is 0 Å². The number of aromatic nitrogens is 2. The van der Waals surface area contributed by atoms with Gasteiger partial charge in [-0.1, -0.05) is 66.4 Å². The van der Waals surface area contributed by atoms with Crippen molar-refractivity contribution in [1.29, 1.82) is 0 Å². The molecule has 0 saturated heterocycles. The highest BCUT2D eigenvalue weighted by atomic mass is 28.4. The summed E-state index contributed by atoms with van der Waals surface area (Å²) < 4.78 is 63.5. The van der Waals surface area contributed by atoms with Crippen molar-refractivity contribution in [2.75, 3.05) is 13.2 Å². The first kappa shape index (κ1) is 39.5. The van der Waals surface area contributed by atoms with Crippen molar-refractivity contribution >= 4 is 50.1 Å². The number of hydrogen-bond donors (Lipinski definition) is 1. The molecule has 0 spiro atoms. The molecule has 48 heavy (non-hydrogen) atoms. The number of amides is 1. The van der Waals surface area contributed by atoms with E-state index in [9.17, 15) is 27.6 Å². The molecule has 0 radical (unpaired) electrons. The molecule has 2 atom stereocenters. The van der Waals surface area contributed by atoms with Crippen LogP contribution in [0.5, 0.6) is 0 Å². The number of nitrogens with zero attached hydrogens (tertiary/aromatic N) is 2.